The van der Waals surface area contributed by atoms with Gasteiger partial charge in [-0.05, 0) is 30.8 Å². The summed E-state index contributed by atoms with van der Waals surface area (Å²) in [6.45, 7) is 5.91. The molecule has 0 aromatic carbocycles. The summed E-state index contributed by atoms with van der Waals surface area (Å²) in [5.74, 6) is 0.939. The molecule has 0 nitrogen and oxygen atoms in total. The van der Waals surface area contributed by atoms with Crippen LogP contribution in [0.25, 0.3) is 0 Å². The van der Waals surface area contributed by atoms with Crippen LogP contribution in [0, 0.1) is 5.92 Å². The first-order chi connectivity index (χ1) is 4.36. The Morgan fingerprint density at radius 1 is 1.78 bits per heavy atom. The highest BCUT2D eigenvalue weighted by molar-refractivity contribution is 5.05. The second kappa shape index (κ2) is 2.89. The van der Waals surface area contributed by atoms with E-state index < -0.39 is 0 Å². The molecule has 0 saturated heterocycles. The molecule has 1 rings (SSSR count). The molecule has 0 bridgehead atoms. The van der Waals surface area contributed by atoms with Gasteiger partial charge in [-0.1, -0.05) is 19.9 Å². The normalized spacial score (nSPS) is 26.3. The van der Waals surface area contributed by atoms with Gasteiger partial charge in [-0.3, -0.25) is 0 Å². The van der Waals surface area contributed by atoms with Gasteiger partial charge in [-0.25, -0.2) is 0 Å². The summed E-state index contributed by atoms with van der Waals surface area (Å²) in [5, 5.41) is 0. The van der Waals surface area contributed by atoms with Crippen molar-refractivity contribution in [3.05, 3.63) is 17.9 Å². The predicted molar refractivity (Wildman–Crippen MR) is 40.3 cm³/mol. The van der Waals surface area contributed by atoms with Crippen LogP contribution in [0.1, 0.15) is 32.6 Å². The van der Waals surface area contributed by atoms with Crippen molar-refractivity contribution in [2.45, 2.75) is 32.6 Å². The van der Waals surface area contributed by atoms with Crippen molar-refractivity contribution in [2.75, 3.05) is 0 Å². The molecular formula is C9H14. The van der Waals surface area contributed by atoms with E-state index in [0.717, 1.165) is 5.92 Å². The highest BCUT2D eigenvalue weighted by Gasteiger charge is 2.16. The third-order valence-corrected chi connectivity index (χ3v) is 2.22. The Labute approximate surface area is 57.3 Å². The molecule has 1 aliphatic carbocycles. The van der Waals surface area contributed by atoms with Crippen LogP contribution in [0.2, 0.25) is 0 Å². The van der Waals surface area contributed by atoms with Crippen molar-refractivity contribution in [2.24, 2.45) is 5.92 Å². The molecule has 0 aromatic heterocycles. The first-order valence-corrected chi connectivity index (χ1v) is 3.74. The van der Waals surface area contributed by atoms with Crippen LogP contribution in [-0.4, -0.2) is 0 Å². The molecular weight excluding hydrogens is 108 g/mol. The van der Waals surface area contributed by atoms with E-state index in [0.29, 0.717) is 0 Å². The third-order valence-electron chi connectivity index (χ3n) is 2.22. The summed E-state index contributed by atoms with van der Waals surface area (Å²) < 4.78 is 0. The minimum absolute atomic E-state index is 0.939. The number of allylic oxidation sites excluding steroid dienone is 1. The lowest BCUT2D eigenvalue weighted by molar-refractivity contribution is 0.538. The molecule has 0 heterocycles. The molecule has 0 radical (unpaired) electrons. The van der Waals surface area contributed by atoms with Crippen molar-refractivity contribution < 1.29 is 0 Å². The first-order valence-electron chi connectivity index (χ1n) is 3.74. The van der Waals surface area contributed by atoms with Crippen LogP contribution >= 0.6 is 0 Å². The lowest BCUT2D eigenvalue weighted by atomic mass is 10.1. The second-order valence-corrected chi connectivity index (χ2v) is 2.80. The van der Waals surface area contributed by atoms with Gasteiger partial charge in [0.05, 0.1) is 0 Å². The lowest BCUT2D eigenvalue weighted by Crippen LogP contribution is -1.87. The molecule has 0 heteroatoms. The maximum atomic E-state index is 3.65. The summed E-state index contributed by atoms with van der Waals surface area (Å²) in [4.78, 5) is 0. The first kappa shape index (κ1) is 6.64. The van der Waals surface area contributed by atoms with Crippen LogP contribution in [-0.2, 0) is 0 Å². The smallest absolute Gasteiger partial charge is 0.0216 e. The van der Waals surface area contributed by atoms with Gasteiger partial charge in [0.25, 0.3) is 0 Å². The summed E-state index contributed by atoms with van der Waals surface area (Å²) in [5.41, 5.74) is 4.44. The molecule has 1 atom stereocenters. The number of rotatable bonds is 1. The molecule has 9 heavy (non-hydrogen) atoms. The average Bonchev–Trinajstić information content (AvgIpc) is 2.34. The Morgan fingerprint density at radius 3 is 2.89 bits per heavy atom. The SMILES string of the molecule is C=C=C1CCC(CC)C1. The predicted octanol–water partition coefficient (Wildman–Crippen LogP) is 2.91. The highest BCUT2D eigenvalue weighted by atomic mass is 14.2. The minimum atomic E-state index is 0.939. The molecule has 1 aliphatic rings. The second-order valence-electron chi connectivity index (χ2n) is 2.80. The lowest BCUT2D eigenvalue weighted by Gasteiger charge is -1.99. The van der Waals surface area contributed by atoms with Gasteiger partial charge in [0, 0.05) is 0 Å². The topological polar surface area (TPSA) is 0 Å². The Kier molecular flexibility index (Phi) is 2.13. The van der Waals surface area contributed by atoms with E-state index in [1.54, 1.807) is 0 Å². The van der Waals surface area contributed by atoms with Gasteiger partial charge in [-0.15, -0.1) is 5.73 Å². The molecule has 0 aromatic rings. The van der Waals surface area contributed by atoms with E-state index in [4.69, 9.17) is 0 Å². The molecule has 0 amide bonds. The van der Waals surface area contributed by atoms with Crippen LogP contribution in [0.5, 0.6) is 0 Å². The molecule has 0 N–H and O–H groups in total. The van der Waals surface area contributed by atoms with Crippen LogP contribution in [0.3, 0.4) is 0 Å². The molecule has 1 unspecified atom stereocenters. The van der Waals surface area contributed by atoms with Gasteiger partial charge < -0.3 is 0 Å². The Hall–Kier alpha value is -0.480. The van der Waals surface area contributed by atoms with Gasteiger partial charge in [0.15, 0.2) is 0 Å². The number of hydrogen-bond donors (Lipinski definition) is 0. The zero-order valence-corrected chi connectivity index (χ0v) is 6.11. The van der Waals surface area contributed by atoms with E-state index in [2.05, 4.69) is 19.2 Å². The van der Waals surface area contributed by atoms with E-state index in [1.165, 1.54) is 31.3 Å². The maximum absolute atomic E-state index is 3.65. The van der Waals surface area contributed by atoms with Crippen LogP contribution in [0.4, 0.5) is 0 Å². The fourth-order valence-electron chi connectivity index (χ4n) is 1.44. The molecule has 0 spiro atoms. The zero-order valence-electron chi connectivity index (χ0n) is 6.11. The zero-order chi connectivity index (χ0) is 6.69. The molecule has 50 valence electrons. The Morgan fingerprint density at radius 2 is 2.56 bits per heavy atom. The fraction of sp³-hybridized carbons (Fsp3) is 0.667. The monoisotopic (exact) mass is 122 g/mol. The van der Waals surface area contributed by atoms with E-state index >= 15 is 0 Å². The molecule has 1 saturated carbocycles. The van der Waals surface area contributed by atoms with E-state index in [1.807, 2.05) is 0 Å². The average molecular weight is 122 g/mol. The van der Waals surface area contributed by atoms with Crippen molar-refractivity contribution in [1.82, 2.24) is 0 Å². The van der Waals surface area contributed by atoms with Crippen LogP contribution in [0.15, 0.2) is 17.9 Å². The summed E-state index contributed by atoms with van der Waals surface area (Å²) >= 11 is 0. The maximum Gasteiger partial charge on any atom is -0.0216 e. The quantitative estimate of drug-likeness (QED) is 0.469. The van der Waals surface area contributed by atoms with Gasteiger partial charge in [-0.2, -0.15) is 0 Å². The van der Waals surface area contributed by atoms with Crippen molar-refractivity contribution in [3.8, 4) is 0 Å². The molecule has 1 fully saturated rings. The van der Waals surface area contributed by atoms with Gasteiger partial charge in [0.2, 0.25) is 0 Å². The summed E-state index contributed by atoms with van der Waals surface area (Å²) in [7, 11) is 0. The van der Waals surface area contributed by atoms with Gasteiger partial charge >= 0.3 is 0 Å². The van der Waals surface area contributed by atoms with Crippen molar-refractivity contribution in [3.63, 3.8) is 0 Å². The number of hydrogen-bond acceptors (Lipinski definition) is 0. The molecule has 0 aliphatic heterocycles. The van der Waals surface area contributed by atoms with Crippen LogP contribution < -0.4 is 0 Å². The Bertz CT molecular complexity index is 138. The fourth-order valence-corrected chi connectivity index (χ4v) is 1.44. The minimum Gasteiger partial charge on any atom is -0.130 e. The standard InChI is InChI=1S/C9H14/c1-3-8-5-6-9(4-2)7-8/h9H,1,4-7H2,2H3. The van der Waals surface area contributed by atoms with E-state index in [9.17, 15) is 0 Å². The van der Waals surface area contributed by atoms with Crippen molar-refractivity contribution in [1.29, 1.82) is 0 Å². The summed E-state index contributed by atoms with van der Waals surface area (Å²) in [6, 6.07) is 0. The largest absolute Gasteiger partial charge is 0.130 e. The Balaban J connectivity index is 2.47. The van der Waals surface area contributed by atoms with Gasteiger partial charge in [0.1, 0.15) is 0 Å². The third kappa shape index (κ3) is 1.46. The highest BCUT2D eigenvalue weighted by Crippen LogP contribution is 2.30. The summed E-state index contributed by atoms with van der Waals surface area (Å²) in [6.07, 6.45) is 5.21. The van der Waals surface area contributed by atoms with E-state index in [-0.39, 0.29) is 0 Å². The van der Waals surface area contributed by atoms with Crippen molar-refractivity contribution >= 4 is 0 Å².